The van der Waals surface area contributed by atoms with Crippen molar-refractivity contribution in [3.8, 4) is 0 Å². The molecule has 1 amide bonds. The van der Waals surface area contributed by atoms with Crippen LogP contribution >= 0.6 is 0 Å². The molecule has 0 saturated carbocycles. The highest BCUT2D eigenvalue weighted by molar-refractivity contribution is 7.86. The quantitative estimate of drug-likeness (QED) is 0.719. The van der Waals surface area contributed by atoms with Gasteiger partial charge in [0.15, 0.2) is 0 Å². The molecule has 0 N–H and O–H groups in total. The van der Waals surface area contributed by atoms with Crippen molar-refractivity contribution < 1.29 is 17.9 Å². The highest BCUT2D eigenvalue weighted by Crippen LogP contribution is 2.21. The number of carbonyl (C=O) groups excluding carboxylic acids is 1. The van der Waals surface area contributed by atoms with Crippen LogP contribution in [0.25, 0.3) is 0 Å². The van der Waals surface area contributed by atoms with Crippen molar-refractivity contribution in [3.05, 3.63) is 0 Å². The Bertz CT molecular complexity index is 529. The van der Waals surface area contributed by atoms with Crippen LogP contribution in [0.5, 0.6) is 0 Å². The van der Waals surface area contributed by atoms with Crippen LogP contribution in [-0.2, 0) is 14.9 Å². The minimum atomic E-state index is -3.33. The Hall–Kier alpha value is -0.900. The Kier molecular flexibility index (Phi) is 5.24. The molecule has 0 atom stereocenters. The highest BCUT2D eigenvalue weighted by Gasteiger charge is 2.39. The fraction of sp³-hybridized carbons (Fsp3) is 0.929. The summed E-state index contributed by atoms with van der Waals surface area (Å²) in [5.41, 5.74) is -0.478. The predicted molar refractivity (Wildman–Crippen MR) is 87.3 cm³/mol. The lowest BCUT2D eigenvalue weighted by Crippen LogP contribution is -2.65. The molecule has 0 unspecified atom stereocenters. The summed E-state index contributed by atoms with van der Waals surface area (Å²) in [7, 11) is -0.231. The van der Waals surface area contributed by atoms with Crippen molar-refractivity contribution in [2.75, 3.05) is 53.4 Å². The molecular weight excluding hydrogens is 320 g/mol. The van der Waals surface area contributed by atoms with Crippen LogP contribution in [0.3, 0.4) is 0 Å². The maximum atomic E-state index is 12.1. The summed E-state index contributed by atoms with van der Waals surface area (Å²) < 4.78 is 32.3. The van der Waals surface area contributed by atoms with Gasteiger partial charge in [-0.1, -0.05) is 0 Å². The van der Waals surface area contributed by atoms with Gasteiger partial charge in [0.1, 0.15) is 5.60 Å². The Labute approximate surface area is 139 Å². The first-order chi connectivity index (χ1) is 10.5. The molecule has 0 spiro atoms. The third-order valence-corrected chi connectivity index (χ3v) is 6.03. The van der Waals surface area contributed by atoms with Gasteiger partial charge in [0.25, 0.3) is 10.2 Å². The van der Waals surface area contributed by atoms with E-state index in [0.717, 1.165) is 0 Å². The first-order valence-corrected chi connectivity index (χ1v) is 9.30. The van der Waals surface area contributed by atoms with E-state index in [4.69, 9.17) is 4.74 Å². The van der Waals surface area contributed by atoms with E-state index in [1.54, 1.807) is 19.0 Å². The summed E-state index contributed by atoms with van der Waals surface area (Å²) in [6.45, 7) is 9.23. The van der Waals surface area contributed by atoms with Crippen LogP contribution in [0, 0.1) is 0 Å². The van der Waals surface area contributed by atoms with Crippen molar-refractivity contribution in [1.29, 1.82) is 0 Å². The van der Waals surface area contributed by atoms with Crippen molar-refractivity contribution in [1.82, 2.24) is 18.4 Å². The molecule has 0 radical (unpaired) electrons. The van der Waals surface area contributed by atoms with Gasteiger partial charge in [-0.3, -0.25) is 4.90 Å². The second-order valence-corrected chi connectivity index (χ2v) is 9.41. The molecule has 0 aliphatic carbocycles. The number of likely N-dealkylation sites (tertiary alicyclic amines) is 1. The minimum absolute atomic E-state index is 0.275. The number of hydrogen-bond acceptors (Lipinski definition) is 5. The van der Waals surface area contributed by atoms with Crippen LogP contribution in [0.1, 0.15) is 20.8 Å². The molecule has 0 bridgehead atoms. The third-order valence-electron chi connectivity index (χ3n) is 4.09. The van der Waals surface area contributed by atoms with Crippen molar-refractivity contribution in [2.45, 2.75) is 32.4 Å². The largest absolute Gasteiger partial charge is 0.444 e. The molecular formula is C14H28N4O4S. The fourth-order valence-electron chi connectivity index (χ4n) is 2.69. The number of nitrogens with zero attached hydrogens (tertiary/aromatic N) is 4. The van der Waals surface area contributed by atoms with Crippen LogP contribution in [-0.4, -0.2) is 97.9 Å². The third kappa shape index (κ3) is 4.34. The van der Waals surface area contributed by atoms with Crippen LogP contribution in [0.4, 0.5) is 4.79 Å². The summed E-state index contributed by atoms with van der Waals surface area (Å²) in [4.78, 5) is 15.9. The number of rotatable bonds is 3. The average Bonchev–Trinajstić information content (AvgIpc) is 2.35. The van der Waals surface area contributed by atoms with E-state index >= 15 is 0 Å². The molecule has 2 aliphatic rings. The highest BCUT2D eigenvalue weighted by atomic mass is 32.2. The van der Waals surface area contributed by atoms with Crippen LogP contribution in [0.15, 0.2) is 0 Å². The predicted octanol–water partition coefficient (Wildman–Crippen LogP) is 0.0297. The second kappa shape index (κ2) is 6.54. The van der Waals surface area contributed by atoms with Gasteiger partial charge in [-0.2, -0.15) is 17.0 Å². The zero-order chi connectivity index (χ0) is 17.4. The van der Waals surface area contributed by atoms with Crippen LogP contribution in [0.2, 0.25) is 0 Å². The summed E-state index contributed by atoms with van der Waals surface area (Å²) in [5.74, 6) is 0. The van der Waals surface area contributed by atoms with E-state index in [2.05, 4.69) is 4.90 Å². The zero-order valence-corrected chi connectivity index (χ0v) is 15.5. The average molecular weight is 348 g/mol. The molecule has 23 heavy (non-hydrogen) atoms. The second-order valence-electron chi connectivity index (χ2n) is 7.26. The minimum Gasteiger partial charge on any atom is -0.444 e. The topological polar surface area (TPSA) is 73.4 Å². The molecule has 2 heterocycles. The molecule has 0 aromatic rings. The summed E-state index contributed by atoms with van der Waals surface area (Å²) >= 11 is 0. The molecule has 2 saturated heterocycles. The zero-order valence-electron chi connectivity index (χ0n) is 14.7. The molecule has 0 aromatic carbocycles. The number of amides is 1. The van der Waals surface area contributed by atoms with Crippen molar-refractivity contribution in [3.63, 3.8) is 0 Å². The molecule has 2 fully saturated rings. The number of hydrogen-bond donors (Lipinski definition) is 0. The lowest BCUT2D eigenvalue weighted by Gasteiger charge is -2.47. The van der Waals surface area contributed by atoms with Gasteiger partial charge in [-0.15, -0.1) is 0 Å². The summed E-state index contributed by atoms with van der Waals surface area (Å²) in [5, 5.41) is 0. The Morgan fingerprint density at radius 1 is 1.09 bits per heavy atom. The van der Waals surface area contributed by atoms with Gasteiger partial charge in [0.05, 0.1) is 0 Å². The van der Waals surface area contributed by atoms with Gasteiger partial charge in [-0.25, -0.2) is 4.79 Å². The SMILES string of the molecule is CN(C)S(=O)(=O)N1CCN(C2CN(C(=O)OC(C)(C)C)C2)CC1. The van der Waals surface area contributed by atoms with E-state index in [0.29, 0.717) is 45.3 Å². The van der Waals surface area contributed by atoms with Gasteiger partial charge < -0.3 is 9.64 Å². The molecule has 134 valence electrons. The van der Waals surface area contributed by atoms with Gasteiger partial charge in [0, 0.05) is 59.4 Å². The number of piperazine rings is 1. The van der Waals surface area contributed by atoms with E-state index in [-0.39, 0.29) is 6.09 Å². The number of ether oxygens (including phenoxy) is 1. The summed E-state index contributed by atoms with van der Waals surface area (Å²) in [6, 6.07) is 0.298. The first kappa shape index (κ1) is 18.4. The van der Waals surface area contributed by atoms with Crippen LogP contribution < -0.4 is 0 Å². The maximum Gasteiger partial charge on any atom is 0.410 e. The van der Waals surface area contributed by atoms with Crippen molar-refractivity contribution in [2.24, 2.45) is 0 Å². The fourth-order valence-corrected chi connectivity index (χ4v) is 3.78. The van der Waals surface area contributed by atoms with E-state index in [1.165, 1.54) is 8.61 Å². The summed E-state index contributed by atoms with van der Waals surface area (Å²) in [6.07, 6.45) is -0.275. The standard InChI is InChI=1S/C14H28N4O4S/c1-14(2,3)22-13(19)17-10-12(11-17)16-6-8-18(9-7-16)23(20,21)15(4)5/h12H,6-11H2,1-5H3. The molecule has 0 aromatic heterocycles. The van der Waals surface area contributed by atoms with E-state index in [1.807, 2.05) is 20.8 Å². The first-order valence-electron chi connectivity index (χ1n) is 7.90. The van der Waals surface area contributed by atoms with Crippen molar-refractivity contribution >= 4 is 16.3 Å². The molecule has 2 aliphatic heterocycles. The van der Waals surface area contributed by atoms with E-state index in [9.17, 15) is 13.2 Å². The van der Waals surface area contributed by atoms with E-state index < -0.39 is 15.8 Å². The van der Waals surface area contributed by atoms with Gasteiger partial charge >= 0.3 is 6.09 Å². The smallest absolute Gasteiger partial charge is 0.410 e. The monoisotopic (exact) mass is 348 g/mol. The van der Waals surface area contributed by atoms with Gasteiger partial charge in [0.2, 0.25) is 0 Å². The van der Waals surface area contributed by atoms with Gasteiger partial charge in [-0.05, 0) is 20.8 Å². The molecule has 9 heteroatoms. The maximum absolute atomic E-state index is 12.1. The molecule has 2 rings (SSSR count). The number of carbonyl (C=O) groups is 1. The Morgan fingerprint density at radius 2 is 1.61 bits per heavy atom. The Balaban J connectivity index is 1.77. The lowest BCUT2D eigenvalue weighted by molar-refractivity contribution is -0.0205. The normalized spacial score (nSPS) is 22.3. The Morgan fingerprint density at radius 3 is 2.04 bits per heavy atom. The molecule has 8 nitrogen and oxygen atoms in total. The lowest BCUT2D eigenvalue weighted by atomic mass is 10.1.